The van der Waals surface area contributed by atoms with Crippen LogP contribution in [-0.4, -0.2) is 36.1 Å². The maximum absolute atomic E-state index is 12.8. The molecule has 0 aliphatic heterocycles. The summed E-state index contributed by atoms with van der Waals surface area (Å²) >= 11 is 0. The van der Waals surface area contributed by atoms with Gasteiger partial charge in [0.2, 0.25) is 5.88 Å². The van der Waals surface area contributed by atoms with Gasteiger partial charge in [-0.3, -0.25) is 15.1 Å². The lowest BCUT2D eigenvalue weighted by atomic mass is 10.2. The number of ether oxygens (including phenoxy) is 2. The first kappa shape index (κ1) is 21.3. The van der Waals surface area contributed by atoms with Crippen LogP contribution in [0.3, 0.4) is 0 Å². The summed E-state index contributed by atoms with van der Waals surface area (Å²) in [5, 5.41) is 0. The van der Waals surface area contributed by atoms with Gasteiger partial charge in [0.05, 0.1) is 31.2 Å². The summed E-state index contributed by atoms with van der Waals surface area (Å²) in [6.07, 6.45) is 4.15. The molecule has 3 aromatic rings. The van der Waals surface area contributed by atoms with Crippen molar-refractivity contribution in [1.82, 2.24) is 20.8 Å². The first-order valence-corrected chi connectivity index (χ1v) is 9.25. The lowest BCUT2D eigenvalue weighted by molar-refractivity contribution is -0.117. The molecule has 2 N–H and O–H groups in total. The lowest BCUT2D eigenvalue weighted by Gasteiger charge is -2.23. The van der Waals surface area contributed by atoms with Gasteiger partial charge in [-0.15, -0.1) is 0 Å². The fourth-order valence-electron chi connectivity index (χ4n) is 2.65. The van der Waals surface area contributed by atoms with E-state index in [2.05, 4.69) is 20.8 Å². The number of para-hydroxylation sites is 2. The van der Waals surface area contributed by atoms with E-state index in [0.29, 0.717) is 16.9 Å². The minimum atomic E-state index is -0.549. The molecule has 0 aliphatic rings. The van der Waals surface area contributed by atoms with E-state index in [1.165, 1.54) is 37.5 Å². The number of rotatable bonds is 6. The summed E-state index contributed by atoms with van der Waals surface area (Å²) in [4.78, 5) is 34.5. The smallest absolute Gasteiger partial charge is 0.345 e. The SMILES string of the molecule is COc1ncc(C=CC(=O)NNC(=O)N(c2ccccc2)c2ccccc2)c(OC)n1. The second kappa shape index (κ2) is 10.4. The molecule has 31 heavy (non-hydrogen) atoms. The van der Waals surface area contributed by atoms with Crippen LogP contribution in [0.25, 0.3) is 6.08 Å². The highest BCUT2D eigenvalue weighted by molar-refractivity contribution is 6.01. The third-order valence-corrected chi connectivity index (χ3v) is 4.07. The summed E-state index contributed by atoms with van der Waals surface area (Å²) in [5.41, 5.74) is 6.55. The van der Waals surface area contributed by atoms with Crippen molar-refractivity contribution in [3.8, 4) is 11.9 Å². The molecule has 1 heterocycles. The predicted octanol–water partition coefficient (Wildman–Crippen LogP) is 3.09. The fourth-order valence-corrected chi connectivity index (χ4v) is 2.65. The number of hydrazine groups is 1. The van der Waals surface area contributed by atoms with E-state index in [-0.39, 0.29) is 11.9 Å². The second-order valence-electron chi connectivity index (χ2n) is 6.08. The van der Waals surface area contributed by atoms with Crippen LogP contribution in [-0.2, 0) is 4.79 Å². The number of nitrogens with zero attached hydrogens (tertiary/aromatic N) is 3. The summed E-state index contributed by atoms with van der Waals surface area (Å²) in [6.45, 7) is 0. The highest BCUT2D eigenvalue weighted by Crippen LogP contribution is 2.24. The number of aromatic nitrogens is 2. The third-order valence-electron chi connectivity index (χ3n) is 4.07. The highest BCUT2D eigenvalue weighted by atomic mass is 16.5. The Kier molecular flexibility index (Phi) is 7.15. The number of benzene rings is 2. The summed E-state index contributed by atoms with van der Waals surface area (Å²) < 4.78 is 10.1. The normalized spacial score (nSPS) is 10.4. The topological polar surface area (TPSA) is 106 Å². The van der Waals surface area contributed by atoms with E-state index in [0.717, 1.165) is 0 Å². The first-order valence-electron chi connectivity index (χ1n) is 9.25. The van der Waals surface area contributed by atoms with Crippen molar-refractivity contribution < 1.29 is 19.1 Å². The second-order valence-corrected chi connectivity index (χ2v) is 6.08. The van der Waals surface area contributed by atoms with Crippen molar-refractivity contribution in [2.24, 2.45) is 0 Å². The molecule has 9 heteroatoms. The number of carbonyl (C=O) groups is 2. The molecule has 0 saturated heterocycles. The van der Waals surface area contributed by atoms with Crippen LogP contribution >= 0.6 is 0 Å². The van der Waals surface area contributed by atoms with Gasteiger partial charge < -0.3 is 9.47 Å². The van der Waals surface area contributed by atoms with Gasteiger partial charge in [-0.25, -0.2) is 15.2 Å². The van der Waals surface area contributed by atoms with E-state index in [9.17, 15) is 9.59 Å². The summed E-state index contributed by atoms with van der Waals surface area (Å²) in [6, 6.07) is 17.8. The fraction of sp³-hybridized carbons (Fsp3) is 0.0909. The Hall–Kier alpha value is -4.40. The van der Waals surface area contributed by atoms with E-state index in [1.807, 2.05) is 36.4 Å². The molecule has 0 atom stereocenters. The number of hydrogen-bond donors (Lipinski definition) is 2. The van der Waals surface area contributed by atoms with Crippen LogP contribution < -0.4 is 25.2 Å². The standard InChI is InChI=1S/C22H21N5O4/c1-30-20-16(15-23-21(24-20)31-2)13-14-19(28)25-26-22(29)27(17-9-5-3-6-10-17)18-11-7-4-8-12-18/h3-15H,1-2H3,(H,25,28)(H,26,29). The van der Waals surface area contributed by atoms with E-state index < -0.39 is 11.9 Å². The van der Waals surface area contributed by atoms with Crippen LogP contribution in [0, 0.1) is 0 Å². The van der Waals surface area contributed by atoms with Crippen molar-refractivity contribution in [3.05, 3.63) is 78.5 Å². The van der Waals surface area contributed by atoms with Crippen LogP contribution in [0.15, 0.2) is 72.9 Å². The average molecular weight is 419 g/mol. The van der Waals surface area contributed by atoms with Crippen molar-refractivity contribution >= 4 is 29.4 Å². The number of urea groups is 1. The molecular formula is C22H21N5O4. The van der Waals surface area contributed by atoms with E-state index in [1.54, 1.807) is 24.3 Å². The zero-order chi connectivity index (χ0) is 22.1. The highest BCUT2D eigenvalue weighted by Gasteiger charge is 2.17. The number of carbonyl (C=O) groups excluding carboxylic acids is 2. The maximum Gasteiger partial charge on any atom is 0.345 e. The number of nitrogens with one attached hydrogen (secondary N) is 2. The van der Waals surface area contributed by atoms with Crippen LogP contribution in [0.2, 0.25) is 0 Å². The molecule has 0 bridgehead atoms. The number of methoxy groups -OCH3 is 2. The van der Waals surface area contributed by atoms with Gasteiger partial charge >= 0.3 is 12.0 Å². The molecule has 0 aliphatic carbocycles. The van der Waals surface area contributed by atoms with Gasteiger partial charge in [-0.2, -0.15) is 4.98 Å². The Labute approximate surface area is 179 Å². The number of amides is 3. The molecule has 158 valence electrons. The molecule has 0 radical (unpaired) electrons. The molecule has 1 aromatic heterocycles. The van der Waals surface area contributed by atoms with Crippen molar-refractivity contribution in [2.45, 2.75) is 0 Å². The van der Waals surface area contributed by atoms with Crippen LogP contribution in [0.5, 0.6) is 11.9 Å². The lowest BCUT2D eigenvalue weighted by Crippen LogP contribution is -2.47. The van der Waals surface area contributed by atoms with Crippen molar-refractivity contribution in [1.29, 1.82) is 0 Å². The minimum Gasteiger partial charge on any atom is -0.480 e. The summed E-state index contributed by atoms with van der Waals surface area (Å²) in [7, 11) is 2.88. The summed E-state index contributed by atoms with van der Waals surface area (Å²) in [5.74, 6) is -0.299. The van der Waals surface area contributed by atoms with Gasteiger partial charge in [-0.1, -0.05) is 36.4 Å². The third kappa shape index (κ3) is 5.57. The molecule has 0 unspecified atom stereocenters. The molecule has 9 nitrogen and oxygen atoms in total. The van der Waals surface area contributed by atoms with Gasteiger partial charge in [-0.05, 0) is 30.3 Å². The number of hydrogen-bond acceptors (Lipinski definition) is 6. The largest absolute Gasteiger partial charge is 0.480 e. The zero-order valence-corrected chi connectivity index (χ0v) is 17.0. The first-order chi connectivity index (χ1) is 15.1. The van der Waals surface area contributed by atoms with E-state index >= 15 is 0 Å². The molecule has 3 amide bonds. The molecule has 2 aromatic carbocycles. The Morgan fingerprint density at radius 2 is 1.52 bits per heavy atom. The van der Waals surface area contributed by atoms with Gasteiger partial charge in [0.15, 0.2) is 0 Å². The molecule has 0 fully saturated rings. The quantitative estimate of drug-likeness (QED) is 0.470. The molecule has 0 saturated carbocycles. The minimum absolute atomic E-state index is 0.146. The van der Waals surface area contributed by atoms with Crippen LogP contribution in [0.1, 0.15) is 5.56 Å². The van der Waals surface area contributed by atoms with Crippen LogP contribution in [0.4, 0.5) is 16.2 Å². The van der Waals surface area contributed by atoms with Gasteiger partial charge in [0, 0.05) is 12.3 Å². The zero-order valence-electron chi connectivity index (χ0n) is 17.0. The average Bonchev–Trinajstić information content (AvgIpc) is 2.82. The Morgan fingerprint density at radius 1 is 0.903 bits per heavy atom. The van der Waals surface area contributed by atoms with Gasteiger partial charge in [0.1, 0.15) is 0 Å². The van der Waals surface area contributed by atoms with E-state index in [4.69, 9.17) is 9.47 Å². The van der Waals surface area contributed by atoms with Gasteiger partial charge in [0.25, 0.3) is 5.91 Å². The molecule has 0 spiro atoms. The molecule has 3 rings (SSSR count). The van der Waals surface area contributed by atoms with Crippen molar-refractivity contribution in [2.75, 3.05) is 19.1 Å². The Balaban J connectivity index is 1.68. The number of anilines is 2. The molecular weight excluding hydrogens is 398 g/mol. The Morgan fingerprint density at radius 3 is 2.06 bits per heavy atom. The Bertz CT molecular complexity index is 1020. The maximum atomic E-state index is 12.8. The van der Waals surface area contributed by atoms with Crippen molar-refractivity contribution in [3.63, 3.8) is 0 Å². The monoisotopic (exact) mass is 419 g/mol. The predicted molar refractivity (Wildman–Crippen MR) is 116 cm³/mol.